The van der Waals surface area contributed by atoms with Crippen LogP contribution in [0.4, 0.5) is 4.39 Å². The first-order chi connectivity index (χ1) is 16.4. The third-order valence-electron chi connectivity index (χ3n) is 6.84. The number of methoxy groups -OCH3 is 1. The van der Waals surface area contributed by atoms with Crippen molar-refractivity contribution < 1.29 is 13.9 Å². The lowest BCUT2D eigenvalue weighted by Crippen LogP contribution is -2.56. The van der Waals surface area contributed by atoms with Crippen LogP contribution in [0.5, 0.6) is 5.75 Å². The van der Waals surface area contributed by atoms with Crippen LogP contribution in [0, 0.1) is 5.82 Å². The zero-order chi connectivity index (χ0) is 24.2. The summed E-state index contributed by atoms with van der Waals surface area (Å²) >= 11 is 0. The van der Waals surface area contributed by atoms with Gasteiger partial charge in [-0.15, -0.1) is 0 Å². The molecule has 3 atom stereocenters. The number of hydrogen-bond donors (Lipinski definition) is 0. The molecule has 0 aliphatic carbocycles. The van der Waals surface area contributed by atoms with Gasteiger partial charge in [-0.05, 0) is 61.7 Å². The number of carbonyl (C=O) groups is 1. The number of benzene rings is 3. The Kier molecular flexibility index (Phi) is 7.44. The zero-order valence-electron chi connectivity index (χ0n) is 20.4. The van der Waals surface area contributed by atoms with Crippen molar-refractivity contribution in [1.29, 1.82) is 0 Å². The first-order valence-electron chi connectivity index (χ1n) is 11.8. The number of nitrogens with zero attached hydrogens (tertiary/aromatic N) is 2. The third-order valence-corrected chi connectivity index (χ3v) is 6.84. The summed E-state index contributed by atoms with van der Waals surface area (Å²) in [6, 6.07) is 23.7. The second-order valence-corrected chi connectivity index (χ2v) is 9.31. The highest BCUT2D eigenvalue weighted by Gasteiger charge is 2.35. The van der Waals surface area contributed by atoms with Gasteiger partial charge in [-0.2, -0.15) is 0 Å². The SMILES string of the molecule is COc1cccc(C(c2ccc(C(C)=O)cc2)N2CC(C)N(Cc3ccc(F)cc3)CC2C)c1. The summed E-state index contributed by atoms with van der Waals surface area (Å²) < 4.78 is 18.9. The molecule has 0 amide bonds. The summed E-state index contributed by atoms with van der Waals surface area (Å²) in [5.41, 5.74) is 4.17. The summed E-state index contributed by atoms with van der Waals surface area (Å²) in [6.07, 6.45) is 0. The fraction of sp³-hybridized carbons (Fsp3) is 0.345. The van der Waals surface area contributed by atoms with Gasteiger partial charge in [-0.1, -0.05) is 48.5 Å². The summed E-state index contributed by atoms with van der Waals surface area (Å²) in [5.74, 6) is 0.700. The van der Waals surface area contributed by atoms with E-state index in [9.17, 15) is 9.18 Å². The molecule has 1 saturated heterocycles. The second-order valence-electron chi connectivity index (χ2n) is 9.31. The minimum Gasteiger partial charge on any atom is -0.497 e. The standard InChI is InChI=1S/C29H33FN2O2/c1-20-18-32(21(2)17-31(20)19-23-8-14-27(30)15-9-23)29(26-6-5-7-28(16-26)34-4)25-12-10-24(11-13-25)22(3)33/h5-16,20-21,29H,17-19H2,1-4H3. The number of rotatable bonds is 7. The number of piperazine rings is 1. The van der Waals surface area contributed by atoms with Gasteiger partial charge in [0.25, 0.3) is 0 Å². The van der Waals surface area contributed by atoms with E-state index in [4.69, 9.17) is 4.74 Å². The van der Waals surface area contributed by atoms with Crippen LogP contribution in [-0.4, -0.2) is 47.9 Å². The van der Waals surface area contributed by atoms with Crippen LogP contribution in [0.25, 0.3) is 0 Å². The number of ketones is 1. The summed E-state index contributed by atoms with van der Waals surface area (Å²) in [4.78, 5) is 16.8. The molecule has 0 radical (unpaired) electrons. The Bertz CT molecular complexity index is 1110. The maximum absolute atomic E-state index is 13.3. The van der Waals surface area contributed by atoms with Crippen molar-refractivity contribution in [2.24, 2.45) is 0 Å². The molecular formula is C29H33FN2O2. The number of carbonyl (C=O) groups excluding carboxylic acids is 1. The van der Waals surface area contributed by atoms with Crippen molar-refractivity contribution in [3.63, 3.8) is 0 Å². The predicted octanol–water partition coefficient (Wildman–Crippen LogP) is 5.72. The molecule has 3 unspecified atom stereocenters. The Balaban J connectivity index is 1.63. The molecule has 1 fully saturated rings. The zero-order valence-corrected chi connectivity index (χ0v) is 20.4. The minimum absolute atomic E-state index is 0.0431. The minimum atomic E-state index is -0.202. The highest BCUT2D eigenvalue weighted by atomic mass is 19.1. The quantitative estimate of drug-likeness (QED) is 0.422. The molecule has 5 heteroatoms. The van der Waals surface area contributed by atoms with Gasteiger partial charge in [0.2, 0.25) is 0 Å². The normalized spacial score (nSPS) is 20.1. The molecule has 4 rings (SSSR count). The van der Waals surface area contributed by atoms with E-state index in [2.05, 4.69) is 47.9 Å². The monoisotopic (exact) mass is 460 g/mol. The molecule has 178 valence electrons. The topological polar surface area (TPSA) is 32.8 Å². The first kappa shape index (κ1) is 24.1. The van der Waals surface area contributed by atoms with Gasteiger partial charge in [-0.3, -0.25) is 14.6 Å². The van der Waals surface area contributed by atoms with Crippen molar-refractivity contribution in [2.75, 3.05) is 20.2 Å². The van der Waals surface area contributed by atoms with Crippen LogP contribution in [-0.2, 0) is 6.54 Å². The van der Waals surface area contributed by atoms with E-state index in [1.807, 2.05) is 36.4 Å². The van der Waals surface area contributed by atoms with Gasteiger partial charge >= 0.3 is 0 Å². The van der Waals surface area contributed by atoms with Crippen molar-refractivity contribution in [1.82, 2.24) is 9.80 Å². The summed E-state index contributed by atoms with van der Waals surface area (Å²) in [6.45, 7) is 8.71. The van der Waals surface area contributed by atoms with Crippen molar-refractivity contribution in [3.8, 4) is 5.75 Å². The van der Waals surface area contributed by atoms with Gasteiger partial charge < -0.3 is 4.74 Å². The van der Waals surface area contributed by atoms with Gasteiger partial charge in [0.05, 0.1) is 13.2 Å². The van der Waals surface area contributed by atoms with Crippen molar-refractivity contribution >= 4 is 5.78 Å². The van der Waals surface area contributed by atoms with E-state index >= 15 is 0 Å². The Morgan fingerprint density at radius 3 is 2.32 bits per heavy atom. The molecule has 0 aromatic heterocycles. The maximum Gasteiger partial charge on any atom is 0.159 e. The lowest BCUT2D eigenvalue weighted by atomic mass is 9.92. The maximum atomic E-state index is 13.3. The van der Waals surface area contributed by atoms with Gasteiger partial charge in [-0.25, -0.2) is 4.39 Å². The molecule has 0 saturated carbocycles. The van der Waals surface area contributed by atoms with Gasteiger partial charge in [0.15, 0.2) is 5.78 Å². The van der Waals surface area contributed by atoms with Crippen molar-refractivity contribution in [3.05, 3.63) is 101 Å². The average molecular weight is 461 g/mol. The Morgan fingerprint density at radius 2 is 1.68 bits per heavy atom. The summed E-state index contributed by atoms with van der Waals surface area (Å²) in [5, 5.41) is 0. The predicted molar refractivity (Wildman–Crippen MR) is 134 cm³/mol. The average Bonchev–Trinajstić information content (AvgIpc) is 2.84. The van der Waals surface area contributed by atoms with E-state index in [1.165, 1.54) is 17.7 Å². The molecule has 4 nitrogen and oxygen atoms in total. The van der Waals surface area contributed by atoms with E-state index in [1.54, 1.807) is 14.0 Å². The van der Waals surface area contributed by atoms with E-state index in [0.29, 0.717) is 12.1 Å². The molecule has 0 spiro atoms. The highest BCUT2D eigenvalue weighted by molar-refractivity contribution is 5.94. The molecule has 0 N–H and O–H groups in total. The molecule has 3 aromatic rings. The fourth-order valence-corrected chi connectivity index (χ4v) is 4.92. The largest absolute Gasteiger partial charge is 0.497 e. The van der Waals surface area contributed by atoms with E-state index < -0.39 is 0 Å². The van der Waals surface area contributed by atoms with Gasteiger partial charge in [0.1, 0.15) is 11.6 Å². The summed E-state index contributed by atoms with van der Waals surface area (Å²) in [7, 11) is 1.69. The molecular weight excluding hydrogens is 427 g/mol. The van der Waals surface area contributed by atoms with E-state index in [0.717, 1.165) is 42.1 Å². The smallest absolute Gasteiger partial charge is 0.159 e. The lowest BCUT2D eigenvalue weighted by Gasteiger charge is -2.47. The Morgan fingerprint density at radius 1 is 0.971 bits per heavy atom. The molecule has 1 heterocycles. The number of halogens is 1. The fourth-order valence-electron chi connectivity index (χ4n) is 4.92. The van der Waals surface area contributed by atoms with Crippen LogP contribution in [0.2, 0.25) is 0 Å². The highest BCUT2D eigenvalue weighted by Crippen LogP contribution is 2.35. The van der Waals surface area contributed by atoms with Crippen LogP contribution >= 0.6 is 0 Å². The molecule has 0 bridgehead atoms. The molecule has 34 heavy (non-hydrogen) atoms. The van der Waals surface area contributed by atoms with Crippen LogP contribution < -0.4 is 4.74 Å². The number of ether oxygens (including phenoxy) is 1. The number of hydrogen-bond acceptors (Lipinski definition) is 4. The van der Waals surface area contributed by atoms with Crippen LogP contribution in [0.15, 0.2) is 72.8 Å². The molecule has 3 aromatic carbocycles. The first-order valence-corrected chi connectivity index (χ1v) is 11.8. The second kappa shape index (κ2) is 10.5. The van der Waals surface area contributed by atoms with Crippen LogP contribution in [0.3, 0.4) is 0 Å². The Labute approximate surface area is 202 Å². The number of Topliss-reactive ketones (excluding diaryl/α,β-unsaturated/α-hetero) is 1. The Hall–Kier alpha value is -3.02. The third kappa shape index (κ3) is 5.37. The molecule has 1 aliphatic heterocycles. The molecule has 1 aliphatic rings. The van der Waals surface area contributed by atoms with Crippen LogP contribution in [0.1, 0.15) is 53.9 Å². The van der Waals surface area contributed by atoms with E-state index in [-0.39, 0.29) is 17.6 Å². The van der Waals surface area contributed by atoms with Gasteiger partial charge in [0, 0.05) is 37.3 Å². The lowest BCUT2D eigenvalue weighted by molar-refractivity contribution is 0.0195. The van der Waals surface area contributed by atoms with Crippen molar-refractivity contribution in [2.45, 2.75) is 45.4 Å².